The van der Waals surface area contributed by atoms with Crippen molar-refractivity contribution in [2.75, 3.05) is 11.5 Å². The molecule has 2 amide bonds. The third-order valence-corrected chi connectivity index (χ3v) is 5.41. The smallest absolute Gasteiger partial charge is 0.245 e. The van der Waals surface area contributed by atoms with Crippen molar-refractivity contribution in [3.8, 4) is 0 Å². The molecular formula is C11H18N2O4S. The first-order valence-electron chi connectivity index (χ1n) is 6.15. The third kappa shape index (κ3) is 2.36. The van der Waals surface area contributed by atoms with Crippen LogP contribution in [0.5, 0.6) is 0 Å². The minimum absolute atomic E-state index is 0.101. The Morgan fingerprint density at radius 3 is 2.28 bits per heavy atom. The van der Waals surface area contributed by atoms with Crippen molar-refractivity contribution < 1.29 is 18.0 Å². The molecule has 2 unspecified atom stereocenters. The summed E-state index contributed by atoms with van der Waals surface area (Å²) in [6.07, 6.45) is 0.858. The van der Waals surface area contributed by atoms with Crippen LogP contribution in [0.4, 0.5) is 0 Å². The van der Waals surface area contributed by atoms with Gasteiger partial charge < -0.3 is 10.2 Å². The van der Waals surface area contributed by atoms with Crippen LogP contribution in [0.1, 0.15) is 26.7 Å². The Bertz CT molecular complexity index is 459. The van der Waals surface area contributed by atoms with Crippen LogP contribution in [0.25, 0.3) is 0 Å². The van der Waals surface area contributed by atoms with Gasteiger partial charge in [-0.15, -0.1) is 0 Å². The van der Waals surface area contributed by atoms with Crippen LogP contribution >= 0.6 is 0 Å². The van der Waals surface area contributed by atoms with E-state index in [2.05, 4.69) is 5.32 Å². The molecule has 2 heterocycles. The van der Waals surface area contributed by atoms with Gasteiger partial charge in [0, 0.05) is 6.04 Å². The number of amides is 2. The van der Waals surface area contributed by atoms with Gasteiger partial charge in [-0.3, -0.25) is 9.59 Å². The van der Waals surface area contributed by atoms with E-state index < -0.39 is 21.9 Å². The van der Waals surface area contributed by atoms with Crippen molar-refractivity contribution in [2.24, 2.45) is 0 Å². The fourth-order valence-electron chi connectivity index (χ4n) is 2.59. The van der Waals surface area contributed by atoms with E-state index in [1.165, 1.54) is 0 Å². The summed E-state index contributed by atoms with van der Waals surface area (Å²) < 4.78 is 22.8. The zero-order chi connectivity index (χ0) is 13.5. The van der Waals surface area contributed by atoms with E-state index in [0.29, 0.717) is 12.8 Å². The molecule has 0 saturated carbocycles. The van der Waals surface area contributed by atoms with Crippen LogP contribution in [-0.2, 0) is 19.4 Å². The Kier molecular flexibility index (Phi) is 3.35. The third-order valence-electron chi connectivity index (χ3n) is 3.70. The number of rotatable bonds is 1. The standard InChI is InChI=1S/C11H18N2O4S/c1-7-11(15)13(8(2)10(14)12-7)9-3-5-18(16,17)6-4-9/h7-9H,3-6H2,1-2H3,(H,12,14). The zero-order valence-electron chi connectivity index (χ0n) is 10.5. The number of nitrogens with zero attached hydrogens (tertiary/aromatic N) is 1. The summed E-state index contributed by atoms with van der Waals surface area (Å²) in [5.41, 5.74) is 0. The van der Waals surface area contributed by atoms with Crippen molar-refractivity contribution in [3.05, 3.63) is 0 Å². The Balaban J connectivity index is 2.16. The number of piperazine rings is 1. The first-order chi connectivity index (χ1) is 8.32. The highest BCUT2D eigenvalue weighted by molar-refractivity contribution is 7.91. The summed E-state index contributed by atoms with van der Waals surface area (Å²) in [6, 6.07) is -1.17. The Hall–Kier alpha value is -1.11. The van der Waals surface area contributed by atoms with Gasteiger partial charge in [-0.1, -0.05) is 0 Å². The SMILES string of the molecule is CC1NC(=O)C(C)N(C2CCS(=O)(=O)CC2)C1=O. The van der Waals surface area contributed by atoms with Crippen molar-refractivity contribution in [3.63, 3.8) is 0 Å². The molecule has 2 aliphatic rings. The number of hydrogen-bond acceptors (Lipinski definition) is 4. The molecule has 2 atom stereocenters. The molecule has 2 fully saturated rings. The lowest BCUT2D eigenvalue weighted by molar-refractivity contribution is -0.151. The molecule has 1 N–H and O–H groups in total. The van der Waals surface area contributed by atoms with Gasteiger partial charge in [0.05, 0.1) is 11.5 Å². The van der Waals surface area contributed by atoms with E-state index in [0.717, 1.165) is 0 Å². The van der Waals surface area contributed by atoms with Gasteiger partial charge >= 0.3 is 0 Å². The van der Waals surface area contributed by atoms with Crippen LogP contribution in [0.2, 0.25) is 0 Å². The molecular weight excluding hydrogens is 256 g/mol. The van der Waals surface area contributed by atoms with Crippen LogP contribution in [0.3, 0.4) is 0 Å². The fourth-order valence-corrected chi connectivity index (χ4v) is 4.05. The van der Waals surface area contributed by atoms with Crippen LogP contribution in [0.15, 0.2) is 0 Å². The molecule has 0 spiro atoms. The average Bonchev–Trinajstić information content (AvgIpc) is 2.29. The lowest BCUT2D eigenvalue weighted by Crippen LogP contribution is -2.64. The van der Waals surface area contributed by atoms with Gasteiger partial charge in [0.2, 0.25) is 11.8 Å². The van der Waals surface area contributed by atoms with Gasteiger partial charge in [0.25, 0.3) is 0 Å². The molecule has 0 bridgehead atoms. The van der Waals surface area contributed by atoms with E-state index in [9.17, 15) is 18.0 Å². The number of hydrogen-bond donors (Lipinski definition) is 1. The summed E-state index contributed by atoms with van der Waals surface area (Å²) in [5, 5.41) is 2.62. The lowest BCUT2D eigenvalue weighted by atomic mass is 10.0. The molecule has 2 rings (SSSR count). The van der Waals surface area contributed by atoms with Gasteiger partial charge in [0.15, 0.2) is 0 Å². The van der Waals surface area contributed by atoms with E-state index in [4.69, 9.17) is 0 Å². The predicted octanol–water partition coefficient (Wildman–Crippen LogP) is -0.701. The summed E-state index contributed by atoms with van der Waals surface area (Å²) in [5.74, 6) is -0.0872. The largest absolute Gasteiger partial charge is 0.343 e. The average molecular weight is 274 g/mol. The molecule has 102 valence electrons. The van der Waals surface area contributed by atoms with Crippen molar-refractivity contribution in [1.29, 1.82) is 0 Å². The second kappa shape index (κ2) is 4.53. The monoisotopic (exact) mass is 274 g/mol. The normalized spacial score (nSPS) is 33.3. The van der Waals surface area contributed by atoms with E-state index in [-0.39, 0.29) is 29.4 Å². The molecule has 0 aromatic carbocycles. The summed E-state index contributed by atoms with van der Waals surface area (Å²) in [4.78, 5) is 25.4. The van der Waals surface area contributed by atoms with Crippen molar-refractivity contribution in [1.82, 2.24) is 10.2 Å². The lowest BCUT2D eigenvalue weighted by Gasteiger charge is -2.42. The van der Waals surface area contributed by atoms with Crippen LogP contribution < -0.4 is 5.32 Å². The van der Waals surface area contributed by atoms with Crippen LogP contribution in [0, 0.1) is 0 Å². The van der Waals surface area contributed by atoms with Crippen molar-refractivity contribution in [2.45, 2.75) is 44.8 Å². The van der Waals surface area contributed by atoms with Gasteiger partial charge in [-0.05, 0) is 26.7 Å². The molecule has 0 aliphatic carbocycles. The van der Waals surface area contributed by atoms with Gasteiger partial charge in [-0.2, -0.15) is 0 Å². The van der Waals surface area contributed by atoms with E-state index in [1.54, 1.807) is 18.7 Å². The Labute approximate surface area is 107 Å². The second-order valence-corrected chi connectivity index (χ2v) is 7.34. The zero-order valence-corrected chi connectivity index (χ0v) is 11.4. The molecule has 6 nitrogen and oxygen atoms in total. The predicted molar refractivity (Wildman–Crippen MR) is 65.6 cm³/mol. The molecule has 2 saturated heterocycles. The van der Waals surface area contributed by atoms with E-state index >= 15 is 0 Å². The number of carbonyl (C=O) groups is 2. The van der Waals surface area contributed by atoms with Gasteiger partial charge in [-0.25, -0.2) is 8.42 Å². The first kappa shape index (κ1) is 13.3. The number of nitrogens with one attached hydrogen (secondary N) is 1. The van der Waals surface area contributed by atoms with E-state index in [1.807, 2.05) is 0 Å². The molecule has 0 aromatic heterocycles. The topological polar surface area (TPSA) is 83.6 Å². The first-order valence-corrected chi connectivity index (χ1v) is 7.97. The highest BCUT2D eigenvalue weighted by atomic mass is 32.2. The van der Waals surface area contributed by atoms with Crippen molar-refractivity contribution >= 4 is 21.7 Å². The Morgan fingerprint density at radius 2 is 1.72 bits per heavy atom. The summed E-state index contributed by atoms with van der Waals surface area (Å²) in [6.45, 7) is 3.33. The number of sulfone groups is 1. The maximum Gasteiger partial charge on any atom is 0.245 e. The molecule has 0 radical (unpaired) electrons. The summed E-state index contributed by atoms with van der Waals surface area (Å²) >= 11 is 0. The minimum atomic E-state index is -2.95. The molecule has 7 heteroatoms. The second-order valence-electron chi connectivity index (χ2n) is 5.03. The maximum absolute atomic E-state index is 12.1. The summed E-state index contributed by atoms with van der Waals surface area (Å²) in [7, 11) is -2.95. The Morgan fingerprint density at radius 1 is 1.17 bits per heavy atom. The molecule has 2 aliphatic heterocycles. The minimum Gasteiger partial charge on any atom is -0.343 e. The number of carbonyl (C=O) groups excluding carboxylic acids is 2. The fraction of sp³-hybridized carbons (Fsp3) is 0.818. The highest BCUT2D eigenvalue weighted by Crippen LogP contribution is 2.23. The van der Waals surface area contributed by atoms with Gasteiger partial charge in [0.1, 0.15) is 21.9 Å². The quantitative estimate of drug-likeness (QED) is 0.685. The molecule has 0 aromatic rings. The highest BCUT2D eigenvalue weighted by Gasteiger charge is 2.41. The maximum atomic E-state index is 12.1. The molecule has 18 heavy (non-hydrogen) atoms. The van der Waals surface area contributed by atoms with Crippen LogP contribution in [-0.4, -0.2) is 54.8 Å².